The molecule has 0 radical (unpaired) electrons. The number of benzene rings is 2. The van der Waals surface area contributed by atoms with Crippen LogP contribution in [-0.2, 0) is 0 Å². The number of anilines is 3. The lowest BCUT2D eigenvalue weighted by Crippen LogP contribution is -2.28. The van der Waals surface area contributed by atoms with E-state index in [0.717, 1.165) is 46.3 Å². The number of aliphatic imine (C=N–C) groups is 1. The highest BCUT2D eigenvalue weighted by Gasteiger charge is 2.27. The SMILES string of the molecule is CNc1ccc2c(c1)N(c1ccccc1)C1=CC(N)=CCC1=N2. The van der Waals surface area contributed by atoms with Crippen molar-refractivity contribution in [3.63, 3.8) is 0 Å². The third-order valence-corrected chi connectivity index (χ3v) is 4.15. The third kappa shape index (κ3) is 2.28. The van der Waals surface area contributed by atoms with E-state index in [2.05, 4.69) is 34.5 Å². The molecule has 2 aliphatic rings. The molecule has 2 aromatic carbocycles. The Morgan fingerprint density at radius 2 is 1.96 bits per heavy atom. The van der Waals surface area contributed by atoms with Crippen LogP contribution in [0.25, 0.3) is 0 Å². The first kappa shape index (κ1) is 13.6. The summed E-state index contributed by atoms with van der Waals surface area (Å²) in [4.78, 5) is 7.07. The summed E-state index contributed by atoms with van der Waals surface area (Å²) in [5, 5.41) is 3.20. The molecule has 3 N–H and O–H groups in total. The minimum absolute atomic E-state index is 0.758. The normalized spacial score (nSPS) is 15.9. The zero-order chi connectivity index (χ0) is 15.8. The Bertz CT molecular complexity index is 847. The quantitative estimate of drug-likeness (QED) is 0.878. The first-order valence-corrected chi connectivity index (χ1v) is 7.68. The maximum absolute atomic E-state index is 6.05. The standard InChI is InChI=1S/C19H18N4/c1-21-14-8-10-17-19(12-14)23(15-5-3-2-4-6-15)18-11-13(20)7-9-16(18)22-17/h2-8,10-12,21H,9,20H2,1H3. The van der Waals surface area contributed by atoms with Gasteiger partial charge in [0.1, 0.15) is 0 Å². The second kappa shape index (κ2) is 5.32. The van der Waals surface area contributed by atoms with Crippen molar-refractivity contribution in [1.82, 2.24) is 0 Å². The van der Waals surface area contributed by atoms with Crippen LogP contribution in [-0.4, -0.2) is 12.8 Å². The Kier molecular flexibility index (Phi) is 3.15. The first-order valence-electron chi connectivity index (χ1n) is 7.68. The predicted molar refractivity (Wildman–Crippen MR) is 96.6 cm³/mol. The first-order chi connectivity index (χ1) is 11.3. The molecule has 0 atom stereocenters. The summed E-state index contributed by atoms with van der Waals surface area (Å²) in [6, 6.07) is 16.6. The van der Waals surface area contributed by atoms with E-state index in [1.165, 1.54) is 0 Å². The fourth-order valence-electron chi connectivity index (χ4n) is 3.00. The molecule has 1 aliphatic carbocycles. The van der Waals surface area contributed by atoms with Crippen LogP contribution in [0.2, 0.25) is 0 Å². The zero-order valence-corrected chi connectivity index (χ0v) is 13.0. The number of nitrogens with one attached hydrogen (secondary N) is 1. The van der Waals surface area contributed by atoms with Crippen LogP contribution >= 0.6 is 0 Å². The molecule has 2 aromatic rings. The van der Waals surface area contributed by atoms with Crippen LogP contribution in [0, 0.1) is 0 Å². The van der Waals surface area contributed by atoms with Crippen LogP contribution in [0.1, 0.15) is 6.42 Å². The van der Waals surface area contributed by atoms with Crippen molar-refractivity contribution in [1.29, 1.82) is 0 Å². The molecule has 0 bridgehead atoms. The van der Waals surface area contributed by atoms with E-state index < -0.39 is 0 Å². The zero-order valence-electron chi connectivity index (χ0n) is 13.0. The molecular formula is C19H18N4. The maximum Gasteiger partial charge on any atom is 0.0876 e. The van der Waals surface area contributed by atoms with Crippen LogP contribution in [0.15, 0.2) is 77.1 Å². The molecule has 23 heavy (non-hydrogen) atoms. The van der Waals surface area contributed by atoms with Gasteiger partial charge in [0.25, 0.3) is 0 Å². The fourth-order valence-corrected chi connectivity index (χ4v) is 3.00. The van der Waals surface area contributed by atoms with Crippen molar-refractivity contribution in [2.75, 3.05) is 17.3 Å². The van der Waals surface area contributed by atoms with Gasteiger partial charge in [-0.25, -0.2) is 4.99 Å². The summed E-state index contributed by atoms with van der Waals surface area (Å²) in [7, 11) is 1.92. The van der Waals surface area contributed by atoms with E-state index in [9.17, 15) is 0 Å². The van der Waals surface area contributed by atoms with E-state index in [1.54, 1.807) is 0 Å². The van der Waals surface area contributed by atoms with Crippen LogP contribution in [0.3, 0.4) is 0 Å². The molecule has 0 saturated carbocycles. The number of allylic oxidation sites excluding steroid dienone is 3. The molecule has 0 aromatic heterocycles. The van der Waals surface area contributed by atoms with E-state index in [1.807, 2.05) is 43.5 Å². The fraction of sp³-hybridized carbons (Fsp3) is 0.105. The van der Waals surface area contributed by atoms with E-state index in [0.29, 0.717) is 0 Å². The molecule has 0 unspecified atom stereocenters. The lowest BCUT2D eigenvalue weighted by atomic mass is 10.0. The van der Waals surface area contributed by atoms with Gasteiger partial charge < -0.3 is 16.0 Å². The molecule has 1 heterocycles. The van der Waals surface area contributed by atoms with Crippen molar-refractivity contribution in [3.05, 3.63) is 72.1 Å². The van der Waals surface area contributed by atoms with Crippen molar-refractivity contribution >= 4 is 28.5 Å². The number of para-hydroxylation sites is 1. The van der Waals surface area contributed by atoms with Crippen LogP contribution < -0.4 is 16.0 Å². The Labute approximate surface area is 135 Å². The van der Waals surface area contributed by atoms with Gasteiger partial charge in [0.15, 0.2) is 0 Å². The van der Waals surface area contributed by atoms with Gasteiger partial charge in [0.05, 0.1) is 22.8 Å². The highest BCUT2D eigenvalue weighted by Crippen LogP contribution is 2.43. The largest absolute Gasteiger partial charge is 0.399 e. The molecule has 0 fully saturated rings. The summed E-state index contributed by atoms with van der Waals surface area (Å²) in [5.41, 5.74) is 13.1. The topological polar surface area (TPSA) is 53.6 Å². The van der Waals surface area contributed by atoms with E-state index in [-0.39, 0.29) is 0 Å². The molecule has 4 rings (SSSR count). The summed E-state index contributed by atoms with van der Waals surface area (Å²) < 4.78 is 0. The molecule has 4 heteroatoms. The molecular weight excluding hydrogens is 284 g/mol. The molecule has 114 valence electrons. The number of nitrogens with zero attached hydrogens (tertiary/aromatic N) is 2. The van der Waals surface area contributed by atoms with E-state index in [4.69, 9.17) is 10.7 Å². The average Bonchev–Trinajstić information content (AvgIpc) is 2.60. The van der Waals surface area contributed by atoms with Crippen molar-refractivity contribution in [2.24, 2.45) is 10.7 Å². The van der Waals surface area contributed by atoms with Crippen molar-refractivity contribution in [2.45, 2.75) is 6.42 Å². The van der Waals surface area contributed by atoms with Gasteiger partial charge in [0, 0.05) is 30.5 Å². The van der Waals surface area contributed by atoms with Gasteiger partial charge >= 0.3 is 0 Å². The Morgan fingerprint density at radius 3 is 2.74 bits per heavy atom. The molecule has 4 nitrogen and oxygen atoms in total. The van der Waals surface area contributed by atoms with Crippen molar-refractivity contribution in [3.8, 4) is 0 Å². The molecule has 0 amide bonds. The summed E-state index contributed by atoms with van der Waals surface area (Å²) in [6.07, 6.45) is 4.77. The number of nitrogens with two attached hydrogens (primary N) is 1. The minimum atomic E-state index is 0.758. The Hall–Kier alpha value is -3.01. The second-order valence-electron chi connectivity index (χ2n) is 5.62. The lowest BCUT2D eigenvalue weighted by Gasteiger charge is -2.34. The minimum Gasteiger partial charge on any atom is -0.399 e. The maximum atomic E-state index is 6.05. The van der Waals surface area contributed by atoms with Gasteiger partial charge in [-0.2, -0.15) is 0 Å². The number of fused-ring (bicyclic) bond motifs is 2. The number of hydrogen-bond acceptors (Lipinski definition) is 4. The average molecular weight is 302 g/mol. The summed E-state index contributed by atoms with van der Waals surface area (Å²) in [6.45, 7) is 0. The Morgan fingerprint density at radius 1 is 1.13 bits per heavy atom. The van der Waals surface area contributed by atoms with E-state index >= 15 is 0 Å². The summed E-state index contributed by atoms with van der Waals surface area (Å²) >= 11 is 0. The van der Waals surface area contributed by atoms with Crippen LogP contribution in [0.5, 0.6) is 0 Å². The van der Waals surface area contributed by atoms with Gasteiger partial charge in [0.2, 0.25) is 0 Å². The Balaban J connectivity index is 1.96. The number of rotatable bonds is 2. The summed E-state index contributed by atoms with van der Waals surface area (Å²) in [5.74, 6) is 0. The van der Waals surface area contributed by atoms with Gasteiger partial charge in [-0.05, 0) is 36.4 Å². The molecule has 0 saturated heterocycles. The predicted octanol–water partition coefficient (Wildman–Crippen LogP) is 4.08. The highest BCUT2D eigenvalue weighted by molar-refractivity contribution is 6.12. The monoisotopic (exact) mass is 302 g/mol. The number of hydrogen-bond donors (Lipinski definition) is 2. The van der Waals surface area contributed by atoms with Crippen molar-refractivity contribution < 1.29 is 0 Å². The lowest BCUT2D eigenvalue weighted by molar-refractivity contribution is 1.13. The van der Waals surface area contributed by atoms with Crippen LogP contribution in [0.4, 0.5) is 22.7 Å². The van der Waals surface area contributed by atoms with Gasteiger partial charge in [-0.15, -0.1) is 0 Å². The molecule has 0 spiro atoms. The third-order valence-electron chi connectivity index (χ3n) is 4.15. The van der Waals surface area contributed by atoms with Gasteiger partial charge in [-0.1, -0.05) is 24.3 Å². The molecule has 1 aliphatic heterocycles. The smallest absolute Gasteiger partial charge is 0.0876 e. The highest BCUT2D eigenvalue weighted by atomic mass is 15.2. The second-order valence-corrected chi connectivity index (χ2v) is 5.62. The van der Waals surface area contributed by atoms with Gasteiger partial charge in [-0.3, -0.25) is 0 Å².